The van der Waals surface area contributed by atoms with Gasteiger partial charge in [-0.2, -0.15) is 0 Å². The second-order valence-electron chi connectivity index (χ2n) is 2.70. The average Bonchev–Trinajstić information content (AvgIpc) is 2.41. The standard InChI is InChI=1S/C7H7ClN2O2/c1-4-6-5(9-12-4)2-3-10(8)7(6)11/h2-3H2,1H3. The fourth-order valence-electron chi connectivity index (χ4n) is 1.29. The van der Waals surface area contributed by atoms with E-state index in [1.807, 2.05) is 0 Å². The minimum absolute atomic E-state index is 0.211. The Hall–Kier alpha value is -1.03. The van der Waals surface area contributed by atoms with Crippen LogP contribution in [0.5, 0.6) is 0 Å². The van der Waals surface area contributed by atoms with Crippen molar-refractivity contribution in [1.82, 2.24) is 9.58 Å². The van der Waals surface area contributed by atoms with Crippen molar-refractivity contribution < 1.29 is 9.32 Å². The fourth-order valence-corrected chi connectivity index (χ4v) is 1.46. The van der Waals surface area contributed by atoms with Gasteiger partial charge < -0.3 is 4.52 Å². The van der Waals surface area contributed by atoms with Gasteiger partial charge in [0.15, 0.2) is 0 Å². The molecule has 0 aromatic carbocycles. The molecule has 4 nitrogen and oxygen atoms in total. The zero-order valence-corrected chi connectivity index (χ0v) is 7.26. The number of carbonyl (C=O) groups excluding carboxylic acids is 1. The van der Waals surface area contributed by atoms with Crippen LogP contribution in [0, 0.1) is 6.92 Å². The first-order valence-electron chi connectivity index (χ1n) is 3.63. The summed E-state index contributed by atoms with van der Waals surface area (Å²) in [6.45, 7) is 2.21. The van der Waals surface area contributed by atoms with Gasteiger partial charge in [-0.3, -0.25) is 9.21 Å². The van der Waals surface area contributed by atoms with Crippen molar-refractivity contribution in [2.45, 2.75) is 13.3 Å². The molecule has 0 radical (unpaired) electrons. The molecule has 0 atom stereocenters. The van der Waals surface area contributed by atoms with Crippen molar-refractivity contribution in [1.29, 1.82) is 0 Å². The van der Waals surface area contributed by atoms with E-state index in [0.29, 0.717) is 24.3 Å². The maximum atomic E-state index is 11.4. The van der Waals surface area contributed by atoms with Crippen molar-refractivity contribution in [3.05, 3.63) is 17.0 Å². The third-order valence-electron chi connectivity index (χ3n) is 1.91. The first-order valence-corrected chi connectivity index (χ1v) is 3.96. The summed E-state index contributed by atoms with van der Waals surface area (Å²) in [6, 6.07) is 0. The van der Waals surface area contributed by atoms with Crippen LogP contribution in [0.1, 0.15) is 21.8 Å². The predicted molar refractivity (Wildman–Crippen MR) is 41.8 cm³/mol. The third-order valence-corrected chi connectivity index (χ3v) is 2.24. The van der Waals surface area contributed by atoms with Gasteiger partial charge in [0.1, 0.15) is 11.3 Å². The van der Waals surface area contributed by atoms with Crippen molar-refractivity contribution in [2.75, 3.05) is 6.54 Å². The van der Waals surface area contributed by atoms with Crippen LogP contribution < -0.4 is 0 Å². The lowest BCUT2D eigenvalue weighted by atomic mass is 10.1. The van der Waals surface area contributed by atoms with Gasteiger partial charge in [-0.15, -0.1) is 0 Å². The first-order chi connectivity index (χ1) is 5.70. The van der Waals surface area contributed by atoms with Crippen LogP contribution in [0.15, 0.2) is 4.52 Å². The highest BCUT2D eigenvalue weighted by Crippen LogP contribution is 2.22. The highest BCUT2D eigenvalue weighted by atomic mass is 35.5. The Balaban J connectivity index is 2.53. The maximum Gasteiger partial charge on any atom is 0.273 e. The average molecular weight is 187 g/mol. The predicted octanol–water partition coefficient (Wildman–Crippen LogP) is 1.14. The van der Waals surface area contributed by atoms with Crippen LogP contribution in [0.4, 0.5) is 0 Å². The number of aryl methyl sites for hydroxylation is 1. The molecule has 1 aliphatic rings. The molecule has 0 bridgehead atoms. The van der Waals surface area contributed by atoms with Gasteiger partial charge in [-0.05, 0) is 6.92 Å². The normalized spacial score (nSPS) is 16.5. The minimum atomic E-state index is -0.211. The molecule has 1 aromatic heterocycles. The van der Waals surface area contributed by atoms with Crippen molar-refractivity contribution in [3.8, 4) is 0 Å². The molecule has 0 unspecified atom stereocenters. The summed E-state index contributed by atoms with van der Waals surface area (Å²) in [5, 5.41) is 3.76. The molecule has 2 rings (SSSR count). The second-order valence-corrected chi connectivity index (χ2v) is 3.11. The van der Waals surface area contributed by atoms with E-state index in [-0.39, 0.29) is 5.91 Å². The maximum absolute atomic E-state index is 11.4. The largest absolute Gasteiger partial charge is 0.361 e. The van der Waals surface area contributed by atoms with Crippen LogP contribution in [-0.2, 0) is 6.42 Å². The van der Waals surface area contributed by atoms with Gasteiger partial charge >= 0.3 is 0 Å². The highest BCUT2D eigenvalue weighted by Gasteiger charge is 2.28. The Kier molecular flexibility index (Phi) is 1.58. The molecule has 0 N–H and O–H groups in total. The highest BCUT2D eigenvalue weighted by molar-refractivity contribution is 6.24. The van der Waals surface area contributed by atoms with Gasteiger partial charge in [0.25, 0.3) is 5.91 Å². The number of carbonyl (C=O) groups is 1. The summed E-state index contributed by atoms with van der Waals surface area (Å²) in [4.78, 5) is 11.4. The molecule has 0 spiro atoms. The van der Waals surface area contributed by atoms with E-state index < -0.39 is 0 Å². The van der Waals surface area contributed by atoms with Crippen LogP contribution in [0.3, 0.4) is 0 Å². The van der Waals surface area contributed by atoms with Crippen LogP contribution in [0.2, 0.25) is 0 Å². The second kappa shape index (κ2) is 2.48. The Bertz CT molecular complexity index is 334. The number of hydrogen-bond donors (Lipinski definition) is 0. The summed E-state index contributed by atoms with van der Waals surface area (Å²) < 4.78 is 6.04. The first kappa shape index (κ1) is 7.61. The van der Waals surface area contributed by atoms with E-state index in [1.54, 1.807) is 6.92 Å². The Labute approximate surface area is 74.2 Å². The smallest absolute Gasteiger partial charge is 0.273 e. The molecule has 64 valence electrons. The molecule has 1 amide bonds. The zero-order chi connectivity index (χ0) is 8.72. The summed E-state index contributed by atoms with van der Waals surface area (Å²) in [6.07, 6.45) is 0.669. The minimum Gasteiger partial charge on any atom is -0.361 e. The van der Waals surface area contributed by atoms with Gasteiger partial charge in [0, 0.05) is 24.7 Å². The number of aromatic nitrogens is 1. The molecule has 1 aliphatic heterocycles. The van der Waals surface area contributed by atoms with Crippen LogP contribution in [0.25, 0.3) is 0 Å². The molecule has 0 saturated carbocycles. The van der Waals surface area contributed by atoms with Crippen molar-refractivity contribution in [3.63, 3.8) is 0 Å². The number of halogens is 1. The Morgan fingerprint density at radius 3 is 3.17 bits per heavy atom. The van der Waals surface area contributed by atoms with E-state index in [2.05, 4.69) is 5.16 Å². The molecular weight excluding hydrogens is 180 g/mol. The van der Waals surface area contributed by atoms with Crippen LogP contribution >= 0.6 is 11.8 Å². The number of nitrogens with zero attached hydrogens (tertiary/aromatic N) is 2. The summed E-state index contributed by atoms with van der Waals surface area (Å²) in [5.74, 6) is 0.331. The molecule has 12 heavy (non-hydrogen) atoms. The van der Waals surface area contributed by atoms with E-state index in [1.165, 1.54) is 0 Å². The molecule has 1 aromatic rings. The quantitative estimate of drug-likeness (QED) is 0.571. The molecule has 0 saturated heterocycles. The topological polar surface area (TPSA) is 46.3 Å². The Morgan fingerprint density at radius 2 is 2.42 bits per heavy atom. The summed E-state index contributed by atoms with van der Waals surface area (Å²) in [5.41, 5.74) is 1.24. The van der Waals surface area contributed by atoms with E-state index in [0.717, 1.165) is 10.1 Å². The molecule has 0 fully saturated rings. The lowest BCUT2D eigenvalue weighted by Gasteiger charge is -2.17. The van der Waals surface area contributed by atoms with Crippen molar-refractivity contribution in [2.24, 2.45) is 0 Å². The summed E-state index contributed by atoms with van der Waals surface area (Å²) in [7, 11) is 0. The SMILES string of the molecule is Cc1onc2c1C(=O)N(Cl)CC2. The van der Waals surface area contributed by atoms with Crippen molar-refractivity contribution >= 4 is 17.7 Å². The van der Waals surface area contributed by atoms with Gasteiger partial charge in [-0.1, -0.05) is 5.16 Å². The summed E-state index contributed by atoms with van der Waals surface area (Å²) >= 11 is 5.64. The Morgan fingerprint density at radius 1 is 1.67 bits per heavy atom. The third kappa shape index (κ3) is 0.914. The molecule has 5 heteroatoms. The van der Waals surface area contributed by atoms with E-state index in [9.17, 15) is 4.79 Å². The van der Waals surface area contributed by atoms with Gasteiger partial charge in [-0.25, -0.2) is 0 Å². The van der Waals surface area contributed by atoms with Crippen LogP contribution in [-0.4, -0.2) is 22.0 Å². The number of rotatable bonds is 0. The number of hydrogen-bond acceptors (Lipinski definition) is 3. The molecular formula is C7H7ClN2O2. The monoisotopic (exact) mass is 186 g/mol. The molecule has 0 aliphatic carbocycles. The number of fused-ring (bicyclic) bond motifs is 1. The molecule has 2 heterocycles. The fraction of sp³-hybridized carbons (Fsp3) is 0.429. The van der Waals surface area contributed by atoms with E-state index in [4.69, 9.17) is 16.3 Å². The van der Waals surface area contributed by atoms with E-state index >= 15 is 0 Å². The van der Waals surface area contributed by atoms with Gasteiger partial charge in [0.05, 0.1) is 5.69 Å². The lowest BCUT2D eigenvalue weighted by Crippen LogP contribution is -2.30. The van der Waals surface area contributed by atoms with Gasteiger partial charge in [0.2, 0.25) is 0 Å². The zero-order valence-electron chi connectivity index (χ0n) is 6.50. The number of amides is 1. The lowest BCUT2D eigenvalue weighted by molar-refractivity contribution is 0.0851.